The molecule has 1 atom stereocenters. The van der Waals surface area contributed by atoms with Crippen LogP contribution in [-0.2, 0) is 24.8 Å². The van der Waals surface area contributed by atoms with Gasteiger partial charge in [0, 0.05) is 54.9 Å². The summed E-state index contributed by atoms with van der Waals surface area (Å²) in [5.74, 6) is -1.91. The van der Waals surface area contributed by atoms with Gasteiger partial charge >= 0.3 is 12.1 Å². The van der Waals surface area contributed by atoms with Crippen molar-refractivity contribution in [2.75, 3.05) is 40.4 Å². The van der Waals surface area contributed by atoms with Crippen LogP contribution in [0.5, 0.6) is 11.5 Å². The molecular weight excluding hydrogens is 804 g/mol. The summed E-state index contributed by atoms with van der Waals surface area (Å²) in [6.45, 7) is 3.16. The lowest BCUT2D eigenvalue weighted by atomic mass is 10.0. The molecular formula is C39H36F3N5O9S2. The van der Waals surface area contributed by atoms with Crippen molar-refractivity contribution in [3.8, 4) is 17.6 Å². The van der Waals surface area contributed by atoms with Crippen LogP contribution in [0.25, 0.3) is 21.8 Å². The van der Waals surface area contributed by atoms with E-state index in [0.717, 1.165) is 35.7 Å². The second-order valence-corrected chi connectivity index (χ2v) is 16.0. The van der Waals surface area contributed by atoms with E-state index in [2.05, 4.69) is 16.3 Å². The molecule has 7 rings (SSSR count). The quantitative estimate of drug-likeness (QED) is 0.170. The van der Waals surface area contributed by atoms with Crippen LogP contribution >= 0.6 is 0 Å². The van der Waals surface area contributed by atoms with E-state index in [1.165, 1.54) is 42.7 Å². The minimum atomic E-state index is -5.08. The van der Waals surface area contributed by atoms with Crippen LogP contribution in [0.1, 0.15) is 22.0 Å². The number of benzene rings is 4. The van der Waals surface area contributed by atoms with E-state index in [9.17, 15) is 40.1 Å². The van der Waals surface area contributed by atoms with E-state index in [1.54, 1.807) is 78.9 Å². The Morgan fingerprint density at radius 2 is 1.22 bits per heavy atom. The Labute approximate surface area is 331 Å². The van der Waals surface area contributed by atoms with Crippen molar-refractivity contribution in [3.63, 3.8) is 0 Å². The summed E-state index contributed by atoms with van der Waals surface area (Å²) in [6.07, 6.45) is -1.42. The molecule has 0 amide bonds. The first kappa shape index (κ1) is 42.9. The Morgan fingerprint density at radius 1 is 0.776 bits per heavy atom. The number of alkyl halides is 3. The number of aliphatic carboxylic acids is 1. The molecule has 1 aliphatic heterocycles. The Morgan fingerprint density at radius 3 is 1.66 bits per heavy atom. The highest BCUT2D eigenvalue weighted by molar-refractivity contribution is 7.90. The number of carboxylic acids is 1. The van der Waals surface area contributed by atoms with E-state index in [4.69, 9.17) is 19.4 Å². The predicted molar refractivity (Wildman–Crippen MR) is 207 cm³/mol. The van der Waals surface area contributed by atoms with Gasteiger partial charge in [-0.15, -0.1) is 0 Å². The van der Waals surface area contributed by atoms with Crippen LogP contribution in [0.4, 0.5) is 13.2 Å². The topological polar surface area (TPSA) is 190 Å². The molecule has 4 aromatic carbocycles. The third-order valence-corrected chi connectivity index (χ3v) is 12.3. The maximum Gasteiger partial charge on any atom is 0.490 e. The maximum atomic E-state index is 13.3. The normalized spacial score (nSPS) is 13.9. The number of nitrogens with one attached hydrogen (secondary N) is 1. The highest BCUT2D eigenvalue weighted by Crippen LogP contribution is 2.37. The number of methoxy groups -OCH3 is 2. The monoisotopic (exact) mass is 839 g/mol. The highest BCUT2D eigenvalue weighted by atomic mass is 32.2. The van der Waals surface area contributed by atoms with E-state index in [0.29, 0.717) is 45.2 Å². The van der Waals surface area contributed by atoms with Gasteiger partial charge in [-0.05, 0) is 60.2 Å². The lowest BCUT2D eigenvalue weighted by Crippen LogP contribution is -2.44. The molecule has 0 bridgehead atoms. The number of hydrogen-bond donors (Lipinski definition) is 2. The third-order valence-electron chi connectivity index (χ3n) is 8.96. The summed E-state index contributed by atoms with van der Waals surface area (Å²) in [7, 11) is -4.58. The van der Waals surface area contributed by atoms with E-state index >= 15 is 0 Å². The first-order valence-electron chi connectivity index (χ1n) is 17.2. The molecule has 6 aromatic rings. The number of aldehydes is 1. The summed E-state index contributed by atoms with van der Waals surface area (Å²) >= 11 is 0. The number of piperazine rings is 1. The van der Waals surface area contributed by atoms with E-state index in [1.807, 2.05) is 6.07 Å². The fourth-order valence-electron chi connectivity index (χ4n) is 6.22. The van der Waals surface area contributed by atoms with Gasteiger partial charge in [0.15, 0.2) is 6.29 Å². The Kier molecular flexibility index (Phi) is 13.3. The van der Waals surface area contributed by atoms with Crippen LogP contribution in [0.15, 0.2) is 119 Å². The van der Waals surface area contributed by atoms with Gasteiger partial charge in [-0.25, -0.2) is 29.6 Å². The average Bonchev–Trinajstić information content (AvgIpc) is 3.90. The Hall–Kier alpha value is -6.20. The molecule has 58 heavy (non-hydrogen) atoms. The number of hydrogen-bond acceptors (Lipinski definition) is 11. The predicted octanol–water partition coefficient (Wildman–Crippen LogP) is 5.69. The van der Waals surface area contributed by atoms with Crippen molar-refractivity contribution in [2.45, 2.75) is 22.0 Å². The van der Waals surface area contributed by atoms with Gasteiger partial charge in [0.1, 0.15) is 28.6 Å². The third kappa shape index (κ3) is 8.84. The number of rotatable bonds is 9. The average molecular weight is 840 g/mol. The lowest BCUT2D eigenvalue weighted by molar-refractivity contribution is -0.192. The first-order valence-corrected chi connectivity index (χ1v) is 20.1. The van der Waals surface area contributed by atoms with Gasteiger partial charge in [-0.3, -0.25) is 9.69 Å². The van der Waals surface area contributed by atoms with Crippen LogP contribution in [-0.4, -0.2) is 93.6 Å². The fraction of sp³-hybridized carbons (Fsp3) is 0.205. The van der Waals surface area contributed by atoms with Crippen LogP contribution in [0.3, 0.4) is 0 Å². The van der Waals surface area contributed by atoms with Gasteiger partial charge < -0.3 is 19.9 Å². The number of aromatic nitrogens is 2. The summed E-state index contributed by atoms with van der Waals surface area (Å²) in [6, 6.07) is 28.5. The number of halogens is 3. The molecule has 0 spiro atoms. The molecule has 19 heteroatoms. The molecule has 2 N–H and O–H groups in total. The van der Waals surface area contributed by atoms with Gasteiger partial charge in [-0.1, -0.05) is 42.5 Å². The van der Waals surface area contributed by atoms with Gasteiger partial charge in [0.25, 0.3) is 20.0 Å². The Balaban J connectivity index is 0.000000195. The van der Waals surface area contributed by atoms with Crippen LogP contribution in [0, 0.1) is 11.3 Å². The number of carbonyl (C=O) groups is 2. The first-order chi connectivity index (χ1) is 27.6. The second-order valence-electron chi connectivity index (χ2n) is 12.3. The minimum absolute atomic E-state index is 0.172. The molecule has 0 saturated carbocycles. The SMILES string of the molecule is COc1ccc(C(C#N)N2CCNCC2)c2ccn(S(=O)(=O)c3ccccc3)c12.COc1ccc(C=O)c2ccn(S(=O)(=O)c3ccccc3)c12.O=C(O)C(F)(F)F. The van der Waals surface area contributed by atoms with Crippen LogP contribution < -0.4 is 14.8 Å². The summed E-state index contributed by atoms with van der Waals surface area (Å²) < 4.78 is 97.0. The highest BCUT2D eigenvalue weighted by Gasteiger charge is 2.38. The number of carbonyl (C=O) groups excluding carboxylic acids is 1. The Bertz CT molecular complexity index is 2670. The molecule has 0 radical (unpaired) electrons. The van der Waals surface area contributed by atoms with E-state index < -0.39 is 38.2 Å². The van der Waals surface area contributed by atoms with Gasteiger partial charge in [0.2, 0.25) is 0 Å². The molecule has 1 aliphatic rings. The van der Waals surface area contributed by atoms with E-state index in [-0.39, 0.29) is 9.79 Å². The molecule has 3 heterocycles. The summed E-state index contributed by atoms with van der Waals surface area (Å²) in [5.41, 5.74) is 2.00. The molecule has 14 nitrogen and oxygen atoms in total. The smallest absolute Gasteiger partial charge is 0.490 e. The van der Waals surface area contributed by atoms with Gasteiger partial charge in [-0.2, -0.15) is 18.4 Å². The molecule has 304 valence electrons. The number of nitrogens with zero attached hydrogens (tertiary/aromatic N) is 4. The molecule has 1 fully saturated rings. The standard InChI is InChI=1S/C21H22N4O3S.C16H13NO4S.C2HF3O2/c1-28-20-8-7-17(19(15-22)24-13-10-23-11-14-24)18-9-12-25(21(18)20)29(26,27)16-5-3-2-4-6-16;1-21-15-8-7-12(11-18)14-9-10-17(16(14)15)22(19,20)13-5-3-2-4-6-13;3-2(4,5)1(6)7/h2-9,12,19,23H,10-11,13-14H2,1H3;2-11H,1H3;(H,6,7). The minimum Gasteiger partial charge on any atom is -0.495 e. The summed E-state index contributed by atoms with van der Waals surface area (Å²) in [4.78, 5) is 22.5. The number of nitriles is 1. The lowest BCUT2D eigenvalue weighted by Gasteiger charge is -2.31. The van der Waals surface area contributed by atoms with Crippen molar-refractivity contribution < 1.29 is 54.2 Å². The largest absolute Gasteiger partial charge is 0.495 e. The zero-order valence-electron chi connectivity index (χ0n) is 30.8. The van der Waals surface area contributed by atoms with Crippen molar-refractivity contribution in [2.24, 2.45) is 0 Å². The van der Waals surface area contributed by atoms with Crippen molar-refractivity contribution in [3.05, 3.63) is 121 Å². The van der Waals surface area contributed by atoms with Crippen molar-refractivity contribution in [1.82, 2.24) is 18.2 Å². The number of fused-ring (bicyclic) bond motifs is 2. The zero-order chi connectivity index (χ0) is 42.3. The molecule has 0 aliphatic carbocycles. The molecule has 2 aromatic heterocycles. The van der Waals surface area contributed by atoms with Crippen molar-refractivity contribution in [1.29, 1.82) is 5.26 Å². The van der Waals surface area contributed by atoms with Gasteiger partial charge in [0.05, 0.1) is 30.1 Å². The fourth-order valence-corrected chi connectivity index (χ4v) is 8.97. The molecule has 1 unspecified atom stereocenters. The van der Waals surface area contributed by atoms with Crippen LogP contribution in [0.2, 0.25) is 0 Å². The summed E-state index contributed by atoms with van der Waals surface area (Å²) in [5, 5.41) is 21.5. The van der Waals surface area contributed by atoms with Crippen molar-refractivity contribution >= 4 is 54.1 Å². The number of carboxylic acid groups (broad SMARTS) is 1. The zero-order valence-corrected chi connectivity index (χ0v) is 32.5. The maximum absolute atomic E-state index is 13.3. The molecule has 1 saturated heterocycles. The second kappa shape index (κ2) is 17.9. The number of ether oxygens (including phenoxy) is 2.